The molecule has 0 spiro atoms. The Morgan fingerprint density at radius 1 is 0.298 bits per heavy atom. The van der Waals surface area contributed by atoms with Gasteiger partial charge in [-0.1, -0.05) is 0 Å². The molecule has 4 aromatic carbocycles. The molecule has 6 aliphatic heterocycles. The van der Waals surface area contributed by atoms with Crippen LogP contribution in [-0.4, -0.2) is 82.8 Å². The van der Waals surface area contributed by atoms with Crippen molar-refractivity contribution in [2.24, 2.45) is 0 Å². The number of rotatable bonds is 0. The Labute approximate surface area is 330 Å². The zero-order valence-electron chi connectivity index (χ0n) is 29.4. The number of benzene rings is 4. The van der Waals surface area contributed by atoms with E-state index in [9.17, 15) is 0 Å². The van der Waals surface area contributed by atoms with Crippen molar-refractivity contribution in [1.29, 1.82) is 0 Å². The normalized spacial score (nSPS) is 15.4. The van der Waals surface area contributed by atoms with Crippen molar-refractivity contribution in [3.8, 4) is 91.5 Å². The van der Waals surface area contributed by atoms with Crippen LogP contribution in [0.25, 0.3) is 89.7 Å². The van der Waals surface area contributed by atoms with Gasteiger partial charge in [-0.2, -0.15) is 0 Å². The maximum Gasteiger partial charge on any atom is 2.00 e. The van der Waals surface area contributed by atoms with E-state index in [1.165, 1.54) is 0 Å². The maximum atomic E-state index is 5.99. The summed E-state index contributed by atoms with van der Waals surface area (Å²) < 4.78 is 47.9. The van der Waals surface area contributed by atoms with Crippen molar-refractivity contribution in [3.05, 3.63) is 48.5 Å². The van der Waals surface area contributed by atoms with Crippen LogP contribution in [0.3, 0.4) is 0 Å². The van der Waals surface area contributed by atoms with Crippen LogP contribution >= 0.6 is 0 Å². The van der Waals surface area contributed by atoms with E-state index in [-0.39, 0.29) is 16.5 Å². The first-order valence-corrected chi connectivity index (χ1v) is 18.1. The standard InChI is InChI=1S/C40H24N8O8.Ni/c1-2-50-26-10-18-17(9-25(26)49-1)33-41-34(18)46-36-21-13-29-30(54-6-5-53-29)14-22(21)38(43-36)48-40-24-16-32-31(55-7-8-56-32)15-23(24)39(44-40)47-37-20-12-28-27(51-3-4-52-28)11-19(20)35(42-37)45-33;/h9-16H,1-8H2;/q-2;+2. The van der Waals surface area contributed by atoms with Gasteiger partial charge < -0.3 is 67.8 Å². The van der Waals surface area contributed by atoms with E-state index >= 15 is 0 Å². The van der Waals surface area contributed by atoms with Gasteiger partial charge in [0.25, 0.3) is 0 Å². The van der Waals surface area contributed by atoms with Gasteiger partial charge in [-0.25, -0.2) is 9.97 Å². The number of hydrogen-bond donors (Lipinski definition) is 0. The average molecular weight is 803 g/mol. The Morgan fingerprint density at radius 3 is 0.737 bits per heavy atom. The minimum atomic E-state index is 0. The molecule has 0 fully saturated rings. The quantitative estimate of drug-likeness (QED) is 0.182. The van der Waals surface area contributed by atoms with Crippen molar-refractivity contribution in [2.45, 2.75) is 0 Å². The van der Waals surface area contributed by atoms with Gasteiger partial charge in [-0.3, -0.25) is 0 Å². The van der Waals surface area contributed by atoms with Crippen LogP contribution in [0.1, 0.15) is 0 Å². The van der Waals surface area contributed by atoms with Gasteiger partial charge in [0, 0.05) is 44.8 Å². The largest absolute Gasteiger partial charge is 2.00 e. The number of hydrogen-bond acceptors (Lipinski definition) is 14. The van der Waals surface area contributed by atoms with Crippen molar-refractivity contribution >= 4 is 44.1 Å². The molecule has 57 heavy (non-hydrogen) atoms. The van der Waals surface area contributed by atoms with Crippen LogP contribution in [0, 0.1) is 0 Å². The second kappa shape index (κ2) is 12.1. The van der Waals surface area contributed by atoms with Gasteiger partial charge in [-0.15, -0.1) is 0 Å². The monoisotopic (exact) mass is 802 g/mol. The van der Waals surface area contributed by atoms with E-state index < -0.39 is 0 Å². The van der Waals surface area contributed by atoms with Gasteiger partial charge in [-0.05, 0) is 70.1 Å². The van der Waals surface area contributed by atoms with Crippen LogP contribution in [0.15, 0.2) is 48.5 Å². The molecule has 7 aromatic rings. The first-order valence-electron chi connectivity index (χ1n) is 18.1. The molecule has 0 saturated carbocycles. The Balaban J connectivity index is 0.00000356. The molecule has 17 heteroatoms. The SMILES string of the molecule is [Ni+2].c1c2c(cc3c1-c1nc-3nc3[n-]c(nc4nc(nc5[n-]c(n1)c1cc6c(cc51)OCCO6)-c1cc5c(cc1-4)OCCO5)c1cc4c(cc31)OCCO4)OCCO2. The molecule has 0 saturated heterocycles. The Morgan fingerprint density at radius 2 is 0.509 bits per heavy atom. The number of fused-ring (bicyclic) bond motifs is 24. The van der Waals surface area contributed by atoms with Crippen molar-refractivity contribution in [2.75, 3.05) is 52.9 Å². The number of ether oxygens (including phenoxy) is 8. The summed E-state index contributed by atoms with van der Waals surface area (Å²) in [7, 11) is 0. The number of aromatic nitrogens is 8. The summed E-state index contributed by atoms with van der Waals surface area (Å²) in [5, 5.41) is 2.78. The van der Waals surface area contributed by atoms with Gasteiger partial charge in [0.05, 0.1) is 23.3 Å². The topological polar surface area (TPSA) is 179 Å². The van der Waals surface area contributed by atoms with E-state index in [0.29, 0.717) is 189 Å². The fourth-order valence-electron chi connectivity index (χ4n) is 7.80. The average Bonchev–Trinajstić information content (AvgIpc) is 3.95. The summed E-state index contributed by atoms with van der Waals surface area (Å²) in [4.78, 5) is 40.4. The van der Waals surface area contributed by atoms with Crippen LogP contribution in [0.2, 0.25) is 0 Å². The molecule has 0 unspecified atom stereocenters. The molecule has 0 radical (unpaired) electrons. The third kappa shape index (κ3) is 4.91. The number of nitrogens with zero attached hydrogens (tertiary/aromatic N) is 8. The fraction of sp³-hybridized carbons (Fsp3) is 0.200. The Kier molecular flexibility index (Phi) is 6.85. The fourth-order valence-corrected chi connectivity index (χ4v) is 7.80. The van der Waals surface area contributed by atoms with Gasteiger partial charge in [0.15, 0.2) is 46.0 Å². The molecule has 16 nitrogen and oxygen atoms in total. The summed E-state index contributed by atoms with van der Waals surface area (Å²) in [6.45, 7) is 3.36. The van der Waals surface area contributed by atoms with Crippen molar-refractivity contribution in [1.82, 2.24) is 39.9 Å². The first-order chi connectivity index (χ1) is 27.7. The third-order valence-corrected chi connectivity index (χ3v) is 10.4. The molecule has 0 aliphatic carbocycles. The van der Waals surface area contributed by atoms with E-state index in [1.807, 2.05) is 48.5 Å². The van der Waals surface area contributed by atoms with Crippen molar-refractivity contribution in [3.63, 3.8) is 0 Å². The summed E-state index contributed by atoms with van der Waals surface area (Å²) in [5.41, 5.74) is 4.28. The summed E-state index contributed by atoms with van der Waals surface area (Å²) >= 11 is 0. The van der Waals surface area contributed by atoms with E-state index in [2.05, 4.69) is 0 Å². The molecule has 3 aromatic heterocycles. The van der Waals surface area contributed by atoms with E-state index in [4.69, 9.17) is 77.8 Å². The molecule has 13 rings (SSSR count). The van der Waals surface area contributed by atoms with Crippen LogP contribution in [0.4, 0.5) is 0 Å². The van der Waals surface area contributed by atoms with E-state index in [0.717, 1.165) is 0 Å². The molecule has 0 atom stereocenters. The predicted octanol–water partition coefficient (Wildman–Crippen LogP) is 5.21. The molecular formula is C40H24N8NiO8. The maximum absolute atomic E-state index is 5.99. The molecular weight excluding hydrogens is 779 g/mol. The zero-order valence-corrected chi connectivity index (χ0v) is 30.4. The Bertz CT molecular complexity index is 2690. The molecule has 0 N–H and O–H groups in total. The van der Waals surface area contributed by atoms with Crippen LogP contribution < -0.4 is 47.9 Å². The third-order valence-electron chi connectivity index (χ3n) is 10.4. The molecule has 0 amide bonds. The Hall–Kier alpha value is -6.87. The van der Waals surface area contributed by atoms with Gasteiger partial charge in [0.1, 0.15) is 52.9 Å². The van der Waals surface area contributed by atoms with Crippen LogP contribution in [0.5, 0.6) is 46.0 Å². The molecule has 8 bridgehead atoms. The second-order valence-corrected chi connectivity index (χ2v) is 13.6. The van der Waals surface area contributed by atoms with Crippen molar-refractivity contribution < 1.29 is 54.4 Å². The minimum Gasteiger partial charge on any atom is -0.486 e. The molecule has 9 heterocycles. The van der Waals surface area contributed by atoms with Crippen LogP contribution in [-0.2, 0) is 16.5 Å². The molecule has 282 valence electrons. The molecule has 6 aliphatic rings. The minimum absolute atomic E-state index is 0. The van der Waals surface area contributed by atoms with E-state index in [1.54, 1.807) is 0 Å². The van der Waals surface area contributed by atoms with Gasteiger partial charge in [0.2, 0.25) is 0 Å². The summed E-state index contributed by atoms with van der Waals surface area (Å²) in [5.74, 6) is 6.20. The zero-order chi connectivity index (χ0) is 36.5. The van der Waals surface area contributed by atoms with Gasteiger partial charge >= 0.3 is 16.5 Å². The smallest absolute Gasteiger partial charge is 0.486 e. The second-order valence-electron chi connectivity index (χ2n) is 13.6. The predicted molar refractivity (Wildman–Crippen MR) is 198 cm³/mol. The summed E-state index contributed by atoms with van der Waals surface area (Å²) in [6, 6.07) is 15.0. The summed E-state index contributed by atoms with van der Waals surface area (Å²) in [6.07, 6.45) is 0. The first kappa shape index (κ1) is 32.4.